The highest BCUT2D eigenvalue weighted by atomic mass is 19.1. The van der Waals surface area contributed by atoms with E-state index in [2.05, 4.69) is 9.97 Å². The van der Waals surface area contributed by atoms with Crippen molar-refractivity contribution in [2.45, 2.75) is 12.3 Å². The first kappa shape index (κ1) is 13.0. The molecule has 1 aliphatic heterocycles. The number of carbonyl (C=O) groups is 1. The molecule has 1 fully saturated rings. The van der Waals surface area contributed by atoms with E-state index in [-0.39, 0.29) is 17.6 Å². The number of carbonyl (C=O) groups excluding carboxylic acids is 1. The van der Waals surface area contributed by atoms with E-state index in [4.69, 9.17) is 0 Å². The van der Waals surface area contributed by atoms with Gasteiger partial charge in [-0.1, -0.05) is 24.3 Å². The molecular weight excluding hydrogens is 281 g/mol. The third-order valence-corrected chi connectivity index (χ3v) is 4.06. The largest absolute Gasteiger partial charge is 0.342 e. The van der Waals surface area contributed by atoms with E-state index >= 15 is 0 Å². The van der Waals surface area contributed by atoms with E-state index in [0.717, 1.165) is 16.9 Å². The van der Waals surface area contributed by atoms with Gasteiger partial charge in [-0.2, -0.15) is 0 Å². The second-order valence-electron chi connectivity index (χ2n) is 5.50. The van der Waals surface area contributed by atoms with Crippen LogP contribution in [-0.2, 0) is 4.79 Å². The molecule has 0 unspecified atom stereocenters. The Morgan fingerprint density at radius 2 is 1.91 bits per heavy atom. The van der Waals surface area contributed by atoms with E-state index in [1.165, 1.54) is 11.0 Å². The number of nitrogens with one attached hydrogen (secondary N) is 1. The minimum atomic E-state index is -0.374. The maximum atomic E-state index is 13.9. The van der Waals surface area contributed by atoms with Crippen LogP contribution in [0.2, 0.25) is 0 Å². The molecule has 1 aliphatic rings. The number of fused-ring (bicyclic) bond motifs is 1. The number of benzene rings is 2. The molecule has 1 N–H and O–H groups in total. The summed E-state index contributed by atoms with van der Waals surface area (Å²) in [4.78, 5) is 21.6. The van der Waals surface area contributed by atoms with Crippen molar-refractivity contribution in [3.8, 4) is 0 Å². The summed E-state index contributed by atoms with van der Waals surface area (Å²) in [6.07, 6.45) is 0.341. The lowest BCUT2D eigenvalue weighted by Crippen LogP contribution is -2.25. The Hall–Kier alpha value is -2.69. The summed E-state index contributed by atoms with van der Waals surface area (Å²) in [5.41, 5.74) is 2.18. The van der Waals surface area contributed by atoms with Crippen molar-refractivity contribution < 1.29 is 9.18 Å². The zero-order valence-corrected chi connectivity index (χ0v) is 11.8. The molecule has 1 atom stereocenters. The molecule has 1 saturated heterocycles. The molecule has 0 bridgehead atoms. The molecule has 0 spiro atoms. The normalized spacial score (nSPS) is 18.3. The number of hydrogen-bond donors (Lipinski definition) is 1. The number of H-pyrrole nitrogens is 1. The number of nitrogens with zero attached hydrogens (tertiary/aromatic N) is 2. The van der Waals surface area contributed by atoms with Crippen LogP contribution < -0.4 is 4.90 Å². The van der Waals surface area contributed by atoms with E-state index < -0.39 is 0 Å². The molecule has 1 amide bonds. The number of aromatic amines is 1. The Labute approximate surface area is 126 Å². The summed E-state index contributed by atoms with van der Waals surface area (Å²) in [5.74, 6) is 0.296. The van der Waals surface area contributed by atoms with Gasteiger partial charge in [-0.05, 0) is 24.3 Å². The first-order chi connectivity index (χ1) is 10.7. The SMILES string of the molecule is O=C1C[C@H](c2nc3ccccc3[nH]2)CN1c1ccccc1F. The Morgan fingerprint density at radius 3 is 2.73 bits per heavy atom. The molecule has 3 aromatic rings. The number of para-hydroxylation sites is 3. The van der Waals surface area contributed by atoms with Crippen LogP contribution in [0.25, 0.3) is 11.0 Å². The lowest BCUT2D eigenvalue weighted by molar-refractivity contribution is -0.117. The van der Waals surface area contributed by atoms with Gasteiger partial charge in [-0.15, -0.1) is 0 Å². The predicted octanol–water partition coefficient (Wildman–Crippen LogP) is 3.22. The van der Waals surface area contributed by atoms with Crippen LogP contribution >= 0.6 is 0 Å². The van der Waals surface area contributed by atoms with Gasteiger partial charge in [0.15, 0.2) is 0 Å². The van der Waals surface area contributed by atoms with Crippen molar-refractivity contribution in [1.82, 2.24) is 9.97 Å². The fourth-order valence-electron chi connectivity index (χ4n) is 2.96. The van der Waals surface area contributed by atoms with E-state index in [1.807, 2.05) is 24.3 Å². The van der Waals surface area contributed by atoms with Crippen LogP contribution in [-0.4, -0.2) is 22.4 Å². The van der Waals surface area contributed by atoms with Crippen molar-refractivity contribution in [2.24, 2.45) is 0 Å². The maximum absolute atomic E-state index is 13.9. The smallest absolute Gasteiger partial charge is 0.227 e. The Kier molecular flexibility index (Phi) is 2.92. The zero-order chi connectivity index (χ0) is 15.1. The lowest BCUT2D eigenvalue weighted by Gasteiger charge is -2.16. The highest BCUT2D eigenvalue weighted by Crippen LogP contribution is 2.32. The van der Waals surface area contributed by atoms with Crippen LogP contribution in [0.15, 0.2) is 48.5 Å². The van der Waals surface area contributed by atoms with Crippen LogP contribution in [0.4, 0.5) is 10.1 Å². The minimum Gasteiger partial charge on any atom is -0.342 e. The molecule has 4 rings (SSSR count). The summed E-state index contributed by atoms with van der Waals surface area (Å²) in [6, 6.07) is 14.1. The first-order valence-electron chi connectivity index (χ1n) is 7.22. The van der Waals surface area contributed by atoms with Crippen molar-refractivity contribution in [3.05, 3.63) is 60.2 Å². The molecular formula is C17H14FN3O. The molecule has 4 nitrogen and oxygen atoms in total. The number of hydrogen-bond acceptors (Lipinski definition) is 2. The number of halogens is 1. The van der Waals surface area contributed by atoms with Gasteiger partial charge in [0.25, 0.3) is 0 Å². The monoisotopic (exact) mass is 295 g/mol. The van der Waals surface area contributed by atoms with E-state index in [9.17, 15) is 9.18 Å². The summed E-state index contributed by atoms with van der Waals surface area (Å²) >= 11 is 0. The van der Waals surface area contributed by atoms with Gasteiger partial charge >= 0.3 is 0 Å². The van der Waals surface area contributed by atoms with Crippen LogP contribution in [0, 0.1) is 5.82 Å². The second kappa shape index (κ2) is 4.94. The van der Waals surface area contributed by atoms with Crippen LogP contribution in [0.5, 0.6) is 0 Å². The second-order valence-corrected chi connectivity index (χ2v) is 5.50. The predicted molar refractivity (Wildman–Crippen MR) is 82.2 cm³/mol. The van der Waals surface area contributed by atoms with Crippen LogP contribution in [0.3, 0.4) is 0 Å². The topological polar surface area (TPSA) is 49.0 Å². The fourth-order valence-corrected chi connectivity index (χ4v) is 2.96. The molecule has 0 saturated carbocycles. The summed E-state index contributed by atoms with van der Waals surface area (Å²) in [7, 11) is 0. The number of imidazole rings is 1. The first-order valence-corrected chi connectivity index (χ1v) is 7.22. The standard InChI is InChI=1S/C17H14FN3O/c18-12-5-1-4-8-15(12)21-10-11(9-16(21)22)17-19-13-6-2-3-7-14(13)20-17/h1-8,11H,9-10H2,(H,19,20)/t11-/m0/s1. The number of anilines is 1. The van der Waals surface area contributed by atoms with Gasteiger partial charge in [0, 0.05) is 18.9 Å². The van der Waals surface area contributed by atoms with Crippen molar-refractivity contribution in [3.63, 3.8) is 0 Å². The van der Waals surface area contributed by atoms with Gasteiger partial charge in [0.1, 0.15) is 11.6 Å². The zero-order valence-electron chi connectivity index (χ0n) is 11.8. The fraction of sp³-hybridized carbons (Fsp3) is 0.176. The molecule has 5 heteroatoms. The van der Waals surface area contributed by atoms with Crippen molar-refractivity contribution in [1.29, 1.82) is 0 Å². The highest BCUT2D eigenvalue weighted by Gasteiger charge is 2.34. The third kappa shape index (κ3) is 2.06. The molecule has 2 aromatic carbocycles. The Bertz CT molecular complexity index is 825. The molecule has 110 valence electrons. The van der Waals surface area contributed by atoms with Gasteiger partial charge in [-0.25, -0.2) is 9.37 Å². The van der Waals surface area contributed by atoms with Gasteiger partial charge < -0.3 is 9.88 Å². The summed E-state index contributed by atoms with van der Waals surface area (Å²) in [6.45, 7) is 0.444. The lowest BCUT2D eigenvalue weighted by atomic mass is 10.1. The average Bonchev–Trinajstić information content (AvgIpc) is 3.11. The summed E-state index contributed by atoms with van der Waals surface area (Å²) < 4.78 is 13.9. The Balaban J connectivity index is 1.66. The molecule has 1 aromatic heterocycles. The molecule has 22 heavy (non-hydrogen) atoms. The van der Waals surface area contributed by atoms with Gasteiger partial charge in [-0.3, -0.25) is 4.79 Å². The third-order valence-electron chi connectivity index (χ3n) is 4.06. The van der Waals surface area contributed by atoms with Gasteiger partial charge in [0.2, 0.25) is 5.91 Å². The maximum Gasteiger partial charge on any atom is 0.227 e. The number of amides is 1. The van der Waals surface area contributed by atoms with E-state index in [0.29, 0.717) is 18.7 Å². The number of rotatable bonds is 2. The summed E-state index contributed by atoms with van der Waals surface area (Å²) in [5, 5.41) is 0. The van der Waals surface area contributed by atoms with Crippen LogP contribution in [0.1, 0.15) is 18.2 Å². The average molecular weight is 295 g/mol. The molecule has 0 radical (unpaired) electrons. The van der Waals surface area contributed by atoms with E-state index in [1.54, 1.807) is 18.2 Å². The highest BCUT2D eigenvalue weighted by molar-refractivity contribution is 5.96. The molecule has 0 aliphatic carbocycles. The quantitative estimate of drug-likeness (QED) is 0.789. The number of aromatic nitrogens is 2. The Morgan fingerprint density at radius 1 is 1.14 bits per heavy atom. The van der Waals surface area contributed by atoms with Gasteiger partial charge in [0.05, 0.1) is 16.7 Å². The van der Waals surface area contributed by atoms with Crippen molar-refractivity contribution in [2.75, 3.05) is 11.4 Å². The molecule has 2 heterocycles. The van der Waals surface area contributed by atoms with Crippen molar-refractivity contribution >= 4 is 22.6 Å². The minimum absolute atomic E-state index is 0.0421.